The van der Waals surface area contributed by atoms with Crippen LogP contribution in [0.25, 0.3) is 0 Å². The lowest BCUT2D eigenvalue weighted by atomic mass is 10.1. The van der Waals surface area contributed by atoms with E-state index in [1.807, 2.05) is 19.1 Å². The second kappa shape index (κ2) is 4.26. The summed E-state index contributed by atoms with van der Waals surface area (Å²) in [5.74, 6) is 0. The van der Waals surface area contributed by atoms with Gasteiger partial charge in [0.15, 0.2) is 0 Å². The van der Waals surface area contributed by atoms with Crippen molar-refractivity contribution in [1.82, 2.24) is 0 Å². The molecule has 0 aliphatic heterocycles. The van der Waals surface area contributed by atoms with Crippen molar-refractivity contribution in [1.29, 1.82) is 0 Å². The van der Waals surface area contributed by atoms with Gasteiger partial charge in [-0.3, -0.25) is 0 Å². The molecule has 66 valence electrons. The van der Waals surface area contributed by atoms with Crippen LogP contribution in [0.3, 0.4) is 0 Å². The van der Waals surface area contributed by atoms with Crippen molar-refractivity contribution in [3.05, 3.63) is 33.3 Å². The molecule has 1 aromatic rings. The van der Waals surface area contributed by atoms with Crippen LogP contribution in [0.5, 0.6) is 0 Å². The smallest absolute Gasteiger partial charge is 0.0798 e. The first-order chi connectivity index (χ1) is 5.66. The highest BCUT2D eigenvalue weighted by Crippen LogP contribution is 2.31. The van der Waals surface area contributed by atoms with Gasteiger partial charge in [-0.05, 0) is 34.0 Å². The number of halogens is 2. The molecule has 0 aliphatic carbocycles. The molecule has 1 nitrogen and oxygen atoms in total. The highest BCUT2D eigenvalue weighted by molar-refractivity contribution is 9.10. The largest absolute Gasteiger partial charge is 0.388 e. The van der Waals surface area contributed by atoms with Gasteiger partial charge in [0, 0.05) is 4.47 Å². The monoisotopic (exact) mass is 248 g/mol. The fourth-order valence-electron chi connectivity index (χ4n) is 0.998. The van der Waals surface area contributed by atoms with Crippen LogP contribution in [0.15, 0.2) is 22.7 Å². The summed E-state index contributed by atoms with van der Waals surface area (Å²) in [4.78, 5) is 0. The summed E-state index contributed by atoms with van der Waals surface area (Å²) in [5.41, 5.74) is 0.852. The lowest BCUT2D eigenvalue weighted by Crippen LogP contribution is -1.96. The molecule has 0 saturated heterocycles. The molecular formula is C9H10BrClO. The van der Waals surface area contributed by atoms with Gasteiger partial charge in [0.2, 0.25) is 0 Å². The minimum Gasteiger partial charge on any atom is -0.388 e. The van der Waals surface area contributed by atoms with E-state index in [1.165, 1.54) is 0 Å². The number of hydrogen-bond donors (Lipinski definition) is 1. The van der Waals surface area contributed by atoms with Crippen molar-refractivity contribution >= 4 is 27.5 Å². The van der Waals surface area contributed by atoms with Gasteiger partial charge in [-0.1, -0.05) is 30.7 Å². The molecule has 1 aromatic carbocycles. The maximum absolute atomic E-state index is 9.55. The first kappa shape index (κ1) is 10.0. The molecule has 3 heteroatoms. The van der Waals surface area contributed by atoms with Crippen LogP contribution in [0, 0.1) is 0 Å². The molecule has 0 amide bonds. The van der Waals surface area contributed by atoms with E-state index in [4.69, 9.17) is 11.6 Å². The van der Waals surface area contributed by atoms with Crippen LogP contribution in [0.2, 0.25) is 5.02 Å². The first-order valence-electron chi connectivity index (χ1n) is 3.78. The predicted molar refractivity (Wildman–Crippen MR) is 54.4 cm³/mol. The Kier molecular flexibility index (Phi) is 3.56. The molecule has 0 unspecified atom stereocenters. The van der Waals surface area contributed by atoms with Crippen LogP contribution in [-0.4, -0.2) is 5.11 Å². The minimum absolute atomic E-state index is 0.432. The Hall–Kier alpha value is -0.0500. The van der Waals surface area contributed by atoms with Gasteiger partial charge in [0.05, 0.1) is 11.1 Å². The standard InChI is InChI=1S/C9H10BrClO/c1-2-8(12)6-4-3-5-7(11)9(6)10/h3-5,8,12H,2H2,1H3/t8-/m1/s1. The maximum atomic E-state index is 9.55. The van der Waals surface area contributed by atoms with E-state index in [-0.39, 0.29) is 0 Å². The van der Waals surface area contributed by atoms with E-state index in [0.29, 0.717) is 11.4 Å². The molecule has 0 fully saturated rings. The fourth-order valence-corrected chi connectivity index (χ4v) is 1.71. The molecule has 0 aliphatic rings. The van der Waals surface area contributed by atoms with E-state index in [9.17, 15) is 5.11 Å². The van der Waals surface area contributed by atoms with Crippen molar-refractivity contribution in [3.63, 3.8) is 0 Å². The summed E-state index contributed by atoms with van der Waals surface area (Å²) >= 11 is 9.19. The average molecular weight is 250 g/mol. The zero-order chi connectivity index (χ0) is 9.14. The number of benzene rings is 1. The lowest BCUT2D eigenvalue weighted by molar-refractivity contribution is 0.173. The Balaban J connectivity index is 3.07. The van der Waals surface area contributed by atoms with Crippen molar-refractivity contribution in [3.8, 4) is 0 Å². The highest BCUT2D eigenvalue weighted by atomic mass is 79.9. The van der Waals surface area contributed by atoms with Crippen molar-refractivity contribution in [2.75, 3.05) is 0 Å². The van der Waals surface area contributed by atoms with E-state index in [0.717, 1.165) is 10.0 Å². The maximum Gasteiger partial charge on any atom is 0.0798 e. The minimum atomic E-state index is -0.432. The molecule has 1 N–H and O–H groups in total. The molecule has 0 spiro atoms. The van der Waals surface area contributed by atoms with Crippen LogP contribution in [0.1, 0.15) is 25.0 Å². The van der Waals surface area contributed by atoms with Crippen LogP contribution >= 0.6 is 27.5 Å². The molecule has 0 bridgehead atoms. The Labute approximate surface area is 85.5 Å². The highest BCUT2D eigenvalue weighted by Gasteiger charge is 2.10. The summed E-state index contributed by atoms with van der Waals surface area (Å²) < 4.78 is 0.793. The molecule has 12 heavy (non-hydrogen) atoms. The van der Waals surface area contributed by atoms with Gasteiger partial charge in [-0.15, -0.1) is 0 Å². The van der Waals surface area contributed by atoms with E-state index in [2.05, 4.69) is 15.9 Å². The van der Waals surface area contributed by atoms with Crippen LogP contribution in [-0.2, 0) is 0 Å². The van der Waals surface area contributed by atoms with Gasteiger partial charge in [-0.25, -0.2) is 0 Å². The quantitative estimate of drug-likeness (QED) is 0.850. The number of rotatable bonds is 2. The predicted octanol–water partition coefficient (Wildman–Crippen LogP) is 3.55. The summed E-state index contributed by atoms with van der Waals surface area (Å²) in [7, 11) is 0. The lowest BCUT2D eigenvalue weighted by Gasteiger charge is -2.10. The molecular weight excluding hydrogens is 239 g/mol. The van der Waals surface area contributed by atoms with Crippen molar-refractivity contribution in [2.45, 2.75) is 19.4 Å². The molecule has 0 heterocycles. The third-order valence-corrected chi connectivity index (χ3v) is 3.16. The molecule has 1 atom stereocenters. The third-order valence-electron chi connectivity index (χ3n) is 1.73. The second-order valence-electron chi connectivity index (χ2n) is 2.57. The molecule has 0 aromatic heterocycles. The third kappa shape index (κ3) is 2.00. The van der Waals surface area contributed by atoms with Crippen LogP contribution < -0.4 is 0 Å². The van der Waals surface area contributed by atoms with Gasteiger partial charge < -0.3 is 5.11 Å². The van der Waals surface area contributed by atoms with Gasteiger partial charge in [0.1, 0.15) is 0 Å². The molecule has 1 rings (SSSR count). The topological polar surface area (TPSA) is 20.2 Å². The summed E-state index contributed by atoms with van der Waals surface area (Å²) in [6.07, 6.45) is 0.261. The first-order valence-corrected chi connectivity index (χ1v) is 4.96. The van der Waals surface area contributed by atoms with Gasteiger partial charge >= 0.3 is 0 Å². The Bertz CT molecular complexity index is 275. The Morgan fingerprint density at radius 3 is 2.83 bits per heavy atom. The van der Waals surface area contributed by atoms with E-state index >= 15 is 0 Å². The molecule has 0 radical (unpaired) electrons. The zero-order valence-corrected chi connectivity index (χ0v) is 9.06. The Morgan fingerprint density at radius 1 is 1.58 bits per heavy atom. The number of aliphatic hydroxyl groups excluding tert-OH is 1. The molecule has 0 saturated carbocycles. The van der Waals surface area contributed by atoms with Crippen LogP contribution in [0.4, 0.5) is 0 Å². The van der Waals surface area contributed by atoms with E-state index < -0.39 is 6.10 Å². The normalized spacial score (nSPS) is 13.0. The summed E-state index contributed by atoms with van der Waals surface area (Å²) in [6, 6.07) is 5.49. The van der Waals surface area contributed by atoms with Gasteiger partial charge in [0.25, 0.3) is 0 Å². The zero-order valence-electron chi connectivity index (χ0n) is 6.72. The van der Waals surface area contributed by atoms with Crippen molar-refractivity contribution < 1.29 is 5.11 Å². The fraction of sp³-hybridized carbons (Fsp3) is 0.333. The summed E-state index contributed by atoms with van der Waals surface area (Å²) in [5, 5.41) is 10.2. The summed E-state index contributed by atoms with van der Waals surface area (Å²) in [6.45, 7) is 1.93. The van der Waals surface area contributed by atoms with Crippen molar-refractivity contribution in [2.24, 2.45) is 0 Å². The van der Waals surface area contributed by atoms with Gasteiger partial charge in [-0.2, -0.15) is 0 Å². The number of hydrogen-bond acceptors (Lipinski definition) is 1. The van der Waals surface area contributed by atoms with E-state index in [1.54, 1.807) is 6.07 Å². The number of aliphatic hydroxyl groups is 1. The average Bonchev–Trinajstić information content (AvgIpc) is 2.08. The second-order valence-corrected chi connectivity index (χ2v) is 3.77. The Morgan fingerprint density at radius 2 is 2.25 bits per heavy atom. The SMILES string of the molecule is CC[C@@H](O)c1cccc(Cl)c1Br.